The summed E-state index contributed by atoms with van der Waals surface area (Å²) in [6, 6.07) is 4.89. The lowest BCUT2D eigenvalue weighted by Gasteiger charge is -2.06. The van der Waals surface area contributed by atoms with E-state index < -0.39 is 5.97 Å². The van der Waals surface area contributed by atoms with Crippen LogP contribution >= 0.6 is 0 Å². The molecule has 0 atom stereocenters. The topological polar surface area (TPSA) is 75.1 Å². The summed E-state index contributed by atoms with van der Waals surface area (Å²) in [5, 5.41) is 9.03. The van der Waals surface area contributed by atoms with E-state index in [1.54, 1.807) is 16.7 Å². The highest BCUT2D eigenvalue weighted by Crippen LogP contribution is 2.16. The van der Waals surface area contributed by atoms with E-state index in [2.05, 4.69) is 4.98 Å². The first kappa shape index (κ1) is 11.4. The fourth-order valence-corrected chi connectivity index (χ4v) is 1.90. The SMILES string of the molecule is CC(C)Cn1c(=O)[nH]c2c(C(=O)O)cccc21. The second kappa shape index (κ2) is 4.08. The Labute approximate surface area is 97.7 Å². The summed E-state index contributed by atoms with van der Waals surface area (Å²) in [4.78, 5) is 25.4. The molecule has 90 valence electrons. The van der Waals surface area contributed by atoms with Crippen molar-refractivity contribution in [2.45, 2.75) is 20.4 Å². The summed E-state index contributed by atoms with van der Waals surface area (Å²) >= 11 is 0. The Balaban J connectivity index is 2.72. The number of fused-ring (bicyclic) bond motifs is 1. The van der Waals surface area contributed by atoms with Crippen molar-refractivity contribution in [3.8, 4) is 0 Å². The van der Waals surface area contributed by atoms with Crippen molar-refractivity contribution in [3.63, 3.8) is 0 Å². The Morgan fingerprint density at radius 2 is 2.18 bits per heavy atom. The molecule has 0 unspecified atom stereocenters. The minimum atomic E-state index is -1.03. The van der Waals surface area contributed by atoms with Crippen LogP contribution in [0.2, 0.25) is 0 Å². The summed E-state index contributed by atoms with van der Waals surface area (Å²) in [6.07, 6.45) is 0. The van der Waals surface area contributed by atoms with Gasteiger partial charge in [0.2, 0.25) is 0 Å². The van der Waals surface area contributed by atoms with E-state index in [1.807, 2.05) is 13.8 Å². The predicted molar refractivity (Wildman–Crippen MR) is 64.4 cm³/mol. The lowest BCUT2D eigenvalue weighted by molar-refractivity contribution is 0.0699. The predicted octanol–water partition coefficient (Wildman–Crippen LogP) is 1.68. The summed E-state index contributed by atoms with van der Waals surface area (Å²) in [6.45, 7) is 4.58. The minimum Gasteiger partial charge on any atom is -0.478 e. The number of aromatic nitrogens is 2. The number of hydrogen-bond acceptors (Lipinski definition) is 2. The number of aromatic carboxylic acids is 1. The molecule has 1 aromatic carbocycles. The number of carboxylic acids is 1. The molecule has 2 rings (SSSR count). The zero-order valence-corrected chi connectivity index (χ0v) is 9.73. The maximum absolute atomic E-state index is 11.8. The molecule has 1 heterocycles. The van der Waals surface area contributed by atoms with Gasteiger partial charge in [0.05, 0.1) is 16.6 Å². The third-order valence-electron chi connectivity index (χ3n) is 2.59. The molecule has 0 radical (unpaired) electrons. The van der Waals surface area contributed by atoms with E-state index in [9.17, 15) is 9.59 Å². The highest BCUT2D eigenvalue weighted by atomic mass is 16.4. The van der Waals surface area contributed by atoms with Gasteiger partial charge in [0.1, 0.15) is 0 Å². The molecule has 0 fully saturated rings. The average molecular weight is 234 g/mol. The van der Waals surface area contributed by atoms with Crippen LogP contribution in [0.25, 0.3) is 11.0 Å². The van der Waals surface area contributed by atoms with Gasteiger partial charge in [-0.05, 0) is 18.1 Å². The summed E-state index contributed by atoms with van der Waals surface area (Å²) in [7, 11) is 0. The molecule has 0 aliphatic heterocycles. The number of H-pyrrole nitrogens is 1. The molecule has 0 spiro atoms. The van der Waals surface area contributed by atoms with Crippen molar-refractivity contribution in [2.75, 3.05) is 0 Å². The molecule has 0 bridgehead atoms. The van der Waals surface area contributed by atoms with E-state index in [4.69, 9.17) is 5.11 Å². The quantitative estimate of drug-likeness (QED) is 0.848. The first-order valence-electron chi connectivity index (χ1n) is 5.45. The number of aromatic amines is 1. The zero-order chi connectivity index (χ0) is 12.6. The summed E-state index contributed by atoms with van der Waals surface area (Å²) < 4.78 is 1.58. The molecule has 0 amide bonds. The van der Waals surface area contributed by atoms with Crippen LogP contribution in [0.3, 0.4) is 0 Å². The van der Waals surface area contributed by atoms with Crippen molar-refractivity contribution in [1.29, 1.82) is 0 Å². The molecule has 0 aliphatic rings. The first-order chi connectivity index (χ1) is 8.00. The van der Waals surface area contributed by atoms with Gasteiger partial charge in [-0.15, -0.1) is 0 Å². The van der Waals surface area contributed by atoms with Crippen molar-refractivity contribution in [1.82, 2.24) is 9.55 Å². The van der Waals surface area contributed by atoms with Gasteiger partial charge in [-0.1, -0.05) is 19.9 Å². The van der Waals surface area contributed by atoms with Gasteiger partial charge in [0.15, 0.2) is 0 Å². The Bertz CT molecular complexity index is 622. The zero-order valence-electron chi connectivity index (χ0n) is 9.73. The van der Waals surface area contributed by atoms with Gasteiger partial charge in [-0.25, -0.2) is 9.59 Å². The first-order valence-corrected chi connectivity index (χ1v) is 5.45. The maximum atomic E-state index is 11.8. The number of imidazole rings is 1. The second-order valence-corrected chi connectivity index (χ2v) is 4.44. The van der Waals surface area contributed by atoms with Gasteiger partial charge in [0, 0.05) is 6.54 Å². The standard InChI is InChI=1S/C12H14N2O3/c1-7(2)6-14-9-5-3-4-8(11(15)16)10(9)13-12(14)17/h3-5,7H,6H2,1-2H3,(H,13,17)(H,15,16). The number of para-hydroxylation sites is 1. The number of carbonyl (C=O) groups is 1. The van der Waals surface area contributed by atoms with E-state index >= 15 is 0 Å². The highest BCUT2D eigenvalue weighted by Gasteiger charge is 2.14. The monoisotopic (exact) mass is 234 g/mol. The van der Waals surface area contributed by atoms with E-state index in [0.717, 1.165) is 0 Å². The fraction of sp³-hybridized carbons (Fsp3) is 0.333. The number of nitrogens with zero attached hydrogens (tertiary/aromatic N) is 1. The normalized spacial score (nSPS) is 11.2. The van der Waals surface area contributed by atoms with Crippen LogP contribution in [0.4, 0.5) is 0 Å². The van der Waals surface area contributed by atoms with Gasteiger partial charge in [-0.3, -0.25) is 4.57 Å². The van der Waals surface area contributed by atoms with Crippen LogP contribution in [0.5, 0.6) is 0 Å². The van der Waals surface area contributed by atoms with E-state index in [0.29, 0.717) is 23.5 Å². The Hall–Kier alpha value is -2.04. The van der Waals surface area contributed by atoms with Crippen LogP contribution in [-0.4, -0.2) is 20.6 Å². The molecular weight excluding hydrogens is 220 g/mol. The van der Waals surface area contributed by atoms with Crippen LogP contribution in [0.1, 0.15) is 24.2 Å². The summed E-state index contributed by atoms with van der Waals surface area (Å²) in [5.74, 6) is -0.714. The van der Waals surface area contributed by atoms with Gasteiger partial charge in [-0.2, -0.15) is 0 Å². The van der Waals surface area contributed by atoms with Crippen molar-refractivity contribution in [2.24, 2.45) is 5.92 Å². The summed E-state index contributed by atoms with van der Waals surface area (Å²) in [5.41, 5.74) is 0.902. The molecule has 1 aromatic heterocycles. The molecule has 0 saturated carbocycles. The Morgan fingerprint density at radius 1 is 1.47 bits per heavy atom. The molecule has 5 heteroatoms. The maximum Gasteiger partial charge on any atom is 0.337 e. The molecule has 2 N–H and O–H groups in total. The lowest BCUT2D eigenvalue weighted by atomic mass is 10.1. The van der Waals surface area contributed by atoms with Crippen LogP contribution in [0, 0.1) is 5.92 Å². The van der Waals surface area contributed by atoms with Crippen LogP contribution in [-0.2, 0) is 6.54 Å². The molecule has 0 aliphatic carbocycles. The molecule has 17 heavy (non-hydrogen) atoms. The number of nitrogens with one attached hydrogen (secondary N) is 1. The number of rotatable bonds is 3. The molecular formula is C12H14N2O3. The molecule has 2 aromatic rings. The van der Waals surface area contributed by atoms with Gasteiger partial charge in [0.25, 0.3) is 0 Å². The molecule has 5 nitrogen and oxygen atoms in total. The van der Waals surface area contributed by atoms with Crippen LogP contribution in [0.15, 0.2) is 23.0 Å². The van der Waals surface area contributed by atoms with E-state index in [-0.39, 0.29) is 11.3 Å². The highest BCUT2D eigenvalue weighted by molar-refractivity contribution is 6.00. The smallest absolute Gasteiger partial charge is 0.337 e. The molecule has 0 saturated heterocycles. The van der Waals surface area contributed by atoms with E-state index in [1.165, 1.54) is 6.07 Å². The largest absolute Gasteiger partial charge is 0.478 e. The van der Waals surface area contributed by atoms with Crippen molar-refractivity contribution >= 4 is 17.0 Å². The minimum absolute atomic E-state index is 0.127. The third kappa shape index (κ3) is 1.95. The Kier molecular flexibility index (Phi) is 2.75. The number of hydrogen-bond donors (Lipinski definition) is 2. The van der Waals surface area contributed by atoms with Gasteiger partial charge >= 0.3 is 11.7 Å². The third-order valence-corrected chi connectivity index (χ3v) is 2.59. The lowest BCUT2D eigenvalue weighted by Crippen LogP contribution is -2.19. The van der Waals surface area contributed by atoms with Gasteiger partial charge < -0.3 is 10.1 Å². The van der Waals surface area contributed by atoms with Crippen LogP contribution < -0.4 is 5.69 Å². The Morgan fingerprint density at radius 3 is 2.76 bits per heavy atom. The number of benzene rings is 1. The van der Waals surface area contributed by atoms with Crippen molar-refractivity contribution < 1.29 is 9.90 Å². The number of carboxylic acid groups (broad SMARTS) is 1. The van der Waals surface area contributed by atoms with Crippen molar-refractivity contribution in [3.05, 3.63) is 34.2 Å². The second-order valence-electron chi connectivity index (χ2n) is 4.44. The fourth-order valence-electron chi connectivity index (χ4n) is 1.90. The average Bonchev–Trinajstić information content (AvgIpc) is 2.54.